The van der Waals surface area contributed by atoms with E-state index in [9.17, 15) is 0 Å². The van der Waals surface area contributed by atoms with Gasteiger partial charge in [-0.3, -0.25) is 0 Å². The highest BCUT2D eigenvalue weighted by atomic mass is 15.1. The van der Waals surface area contributed by atoms with Crippen molar-refractivity contribution in [3.8, 4) is 0 Å². The number of nitrogens with zero attached hydrogens (tertiary/aromatic N) is 1. The molecule has 0 aliphatic carbocycles. The number of rotatable bonds is 6. The van der Waals surface area contributed by atoms with Gasteiger partial charge in [-0.2, -0.15) is 0 Å². The molecule has 0 spiro atoms. The first-order valence-electron chi connectivity index (χ1n) is 7.30. The highest BCUT2D eigenvalue weighted by molar-refractivity contribution is 5.48. The molecule has 2 nitrogen and oxygen atoms in total. The second-order valence-corrected chi connectivity index (χ2v) is 5.10. The number of anilines is 1. The predicted molar refractivity (Wildman–Crippen MR) is 87.1 cm³/mol. The molecule has 0 saturated heterocycles. The van der Waals surface area contributed by atoms with Crippen molar-refractivity contribution >= 4 is 5.69 Å². The topological polar surface area (TPSA) is 15.3 Å². The van der Waals surface area contributed by atoms with Crippen LogP contribution in [-0.4, -0.2) is 13.6 Å². The van der Waals surface area contributed by atoms with E-state index in [1.54, 1.807) is 0 Å². The summed E-state index contributed by atoms with van der Waals surface area (Å²) in [5.74, 6) is 0. The van der Waals surface area contributed by atoms with Gasteiger partial charge in [0.15, 0.2) is 0 Å². The molecule has 2 heteroatoms. The minimum atomic E-state index is 0.397. The van der Waals surface area contributed by atoms with Gasteiger partial charge in [-0.1, -0.05) is 42.5 Å². The van der Waals surface area contributed by atoms with Gasteiger partial charge in [0.25, 0.3) is 0 Å². The molecule has 0 saturated carbocycles. The van der Waals surface area contributed by atoms with Gasteiger partial charge in [0.05, 0.1) is 0 Å². The Morgan fingerprint density at radius 2 is 1.65 bits per heavy atom. The number of hydrogen-bond acceptors (Lipinski definition) is 2. The molecule has 1 unspecified atom stereocenters. The minimum Gasteiger partial charge on any atom is -0.367 e. The fourth-order valence-electron chi connectivity index (χ4n) is 2.33. The van der Waals surface area contributed by atoms with Crippen LogP contribution in [0.4, 0.5) is 5.69 Å². The number of benzene rings is 2. The largest absolute Gasteiger partial charge is 0.367 e. The second-order valence-electron chi connectivity index (χ2n) is 5.10. The first kappa shape index (κ1) is 14.6. The fourth-order valence-corrected chi connectivity index (χ4v) is 2.33. The summed E-state index contributed by atoms with van der Waals surface area (Å²) in [5.41, 5.74) is 3.96. The molecule has 0 fully saturated rings. The van der Waals surface area contributed by atoms with Crippen molar-refractivity contribution in [2.75, 3.05) is 18.5 Å². The summed E-state index contributed by atoms with van der Waals surface area (Å²) in [6, 6.07) is 19.9. The predicted octanol–water partition coefficient (Wildman–Crippen LogP) is 3.99. The fraction of sp³-hybridized carbons (Fsp3) is 0.333. The van der Waals surface area contributed by atoms with Crippen molar-refractivity contribution in [3.63, 3.8) is 0 Å². The first-order valence-corrected chi connectivity index (χ1v) is 7.30. The molecule has 106 valence electrons. The molecule has 1 N–H and O–H groups in total. The Bertz CT molecular complexity index is 505. The van der Waals surface area contributed by atoms with Gasteiger partial charge < -0.3 is 10.2 Å². The van der Waals surface area contributed by atoms with E-state index in [0.29, 0.717) is 6.04 Å². The van der Waals surface area contributed by atoms with Gasteiger partial charge in [-0.15, -0.1) is 0 Å². The van der Waals surface area contributed by atoms with Gasteiger partial charge in [-0.05, 0) is 44.2 Å². The summed E-state index contributed by atoms with van der Waals surface area (Å²) < 4.78 is 0. The van der Waals surface area contributed by atoms with E-state index in [0.717, 1.165) is 13.1 Å². The van der Waals surface area contributed by atoms with Crippen LogP contribution in [0.25, 0.3) is 0 Å². The lowest BCUT2D eigenvalue weighted by Crippen LogP contribution is -2.22. The van der Waals surface area contributed by atoms with Crippen LogP contribution in [-0.2, 0) is 6.54 Å². The Hall–Kier alpha value is -1.80. The maximum absolute atomic E-state index is 3.27. The van der Waals surface area contributed by atoms with E-state index in [2.05, 4.69) is 78.7 Å². The van der Waals surface area contributed by atoms with Gasteiger partial charge in [0.2, 0.25) is 0 Å². The summed E-state index contributed by atoms with van der Waals surface area (Å²) in [5, 5.41) is 3.27. The molecule has 2 aromatic carbocycles. The van der Waals surface area contributed by atoms with Crippen LogP contribution in [0, 0.1) is 0 Å². The van der Waals surface area contributed by atoms with Crippen LogP contribution in [0.5, 0.6) is 0 Å². The summed E-state index contributed by atoms with van der Waals surface area (Å²) in [4.78, 5) is 2.39. The maximum Gasteiger partial charge on any atom is 0.0429 e. The van der Waals surface area contributed by atoms with E-state index in [1.807, 2.05) is 7.05 Å². The van der Waals surface area contributed by atoms with E-state index in [-0.39, 0.29) is 0 Å². The molecule has 1 atom stereocenters. The molecule has 0 radical (unpaired) electrons. The number of hydrogen-bond donors (Lipinski definition) is 1. The lowest BCUT2D eigenvalue weighted by molar-refractivity contribution is 0.652. The zero-order valence-corrected chi connectivity index (χ0v) is 12.6. The summed E-state index contributed by atoms with van der Waals surface area (Å²) in [6.45, 7) is 6.34. The van der Waals surface area contributed by atoms with Crippen LogP contribution in [0.15, 0.2) is 54.6 Å². The Morgan fingerprint density at radius 3 is 2.20 bits per heavy atom. The summed E-state index contributed by atoms with van der Waals surface area (Å²) in [7, 11) is 1.99. The molecule has 0 aliphatic heterocycles. The maximum atomic E-state index is 3.27. The molecular weight excluding hydrogens is 244 g/mol. The Labute approximate surface area is 122 Å². The van der Waals surface area contributed by atoms with Crippen LogP contribution in [0.2, 0.25) is 0 Å². The average molecular weight is 268 g/mol. The number of nitrogens with one attached hydrogen (secondary N) is 1. The molecular formula is C18H24N2. The van der Waals surface area contributed by atoms with E-state index in [1.165, 1.54) is 16.8 Å². The van der Waals surface area contributed by atoms with Gasteiger partial charge >= 0.3 is 0 Å². The van der Waals surface area contributed by atoms with Crippen molar-refractivity contribution in [2.24, 2.45) is 0 Å². The van der Waals surface area contributed by atoms with Crippen LogP contribution < -0.4 is 10.2 Å². The zero-order chi connectivity index (χ0) is 14.4. The summed E-state index contributed by atoms with van der Waals surface area (Å²) >= 11 is 0. The third-order valence-corrected chi connectivity index (χ3v) is 3.79. The quantitative estimate of drug-likeness (QED) is 0.852. The van der Waals surface area contributed by atoms with E-state index in [4.69, 9.17) is 0 Å². The monoisotopic (exact) mass is 268 g/mol. The van der Waals surface area contributed by atoms with Crippen molar-refractivity contribution in [3.05, 3.63) is 65.7 Å². The van der Waals surface area contributed by atoms with E-state index < -0.39 is 0 Å². The lowest BCUT2D eigenvalue weighted by Gasteiger charge is -2.24. The third-order valence-electron chi connectivity index (χ3n) is 3.79. The molecule has 20 heavy (non-hydrogen) atoms. The molecule has 0 heterocycles. The molecule has 2 aromatic rings. The molecule has 0 aromatic heterocycles. The normalized spacial score (nSPS) is 12.2. The Morgan fingerprint density at radius 1 is 1.00 bits per heavy atom. The molecule has 0 bridgehead atoms. The molecule has 2 rings (SSSR count). The lowest BCUT2D eigenvalue weighted by atomic mass is 10.1. The molecule has 0 aliphatic rings. The smallest absolute Gasteiger partial charge is 0.0429 e. The van der Waals surface area contributed by atoms with Crippen molar-refractivity contribution in [1.29, 1.82) is 0 Å². The van der Waals surface area contributed by atoms with Crippen molar-refractivity contribution in [1.82, 2.24) is 5.32 Å². The highest BCUT2D eigenvalue weighted by Gasteiger charge is 2.07. The van der Waals surface area contributed by atoms with E-state index >= 15 is 0 Å². The second kappa shape index (κ2) is 7.11. The van der Waals surface area contributed by atoms with Gasteiger partial charge in [0, 0.05) is 24.8 Å². The van der Waals surface area contributed by atoms with Gasteiger partial charge in [-0.25, -0.2) is 0 Å². The standard InChI is InChI=1S/C18H24N2/c1-4-20(14-16-8-6-5-7-9-16)18-12-10-17(11-13-18)15(2)19-3/h5-13,15,19H,4,14H2,1-3H3. The van der Waals surface area contributed by atoms with Crippen LogP contribution in [0.3, 0.4) is 0 Å². The minimum absolute atomic E-state index is 0.397. The van der Waals surface area contributed by atoms with Crippen LogP contribution >= 0.6 is 0 Å². The average Bonchev–Trinajstić information content (AvgIpc) is 2.53. The van der Waals surface area contributed by atoms with Crippen molar-refractivity contribution < 1.29 is 0 Å². The summed E-state index contributed by atoms with van der Waals surface area (Å²) in [6.07, 6.45) is 0. The third kappa shape index (κ3) is 3.61. The van der Waals surface area contributed by atoms with Gasteiger partial charge in [0.1, 0.15) is 0 Å². The highest BCUT2D eigenvalue weighted by Crippen LogP contribution is 2.20. The SMILES string of the molecule is CCN(Cc1ccccc1)c1ccc(C(C)NC)cc1. The van der Waals surface area contributed by atoms with Crippen molar-refractivity contribution in [2.45, 2.75) is 26.4 Å². The zero-order valence-electron chi connectivity index (χ0n) is 12.6. The molecule has 0 amide bonds. The Kier molecular flexibility index (Phi) is 5.19. The van der Waals surface area contributed by atoms with Crippen LogP contribution in [0.1, 0.15) is 31.0 Å². The Balaban J connectivity index is 2.11. The first-order chi connectivity index (χ1) is 9.74.